The number of amides is 1. The van der Waals surface area contributed by atoms with E-state index >= 15 is 0 Å². The van der Waals surface area contributed by atoms with Gasteiger partial charge in [-0.25, -0.2) is 9.97 Å². The van der Waals surface area contributed by atoms with E-state index in [1.807, 2.05) is 30.3 Å². The minimum absolute atomic E-state index is 0.109. The summed E-state index contributed by atoms with van der Waals surface area (Å²) in [4.78, 5) is 27.4. The summed E-state index contributed by atoms with van der Waals surface area (Å²) in [5.41, 5.74) is 1.44. The number of carbonyl (C=O) groups excluding carboxylic acids is 1. The second-order valence-electron chi connectivity index (χ2n) is 6.55. The summed E-state index contributed by atoms with van der Waals surface area (Å²) in [7, 11) is 0. The van der Waals surface area contributed by atoms with Gasteiger partial charge in [-0.2, -0.15) is 0 Å². The second kappa shape index (κ2) is 7.57. The molecule has 0 aliphatic carbocycles. The van der Waals surface area contributed by atoms with E-state index in [0.29, 0.717) is 36.2 Å². The molecule has 1 fully saturated rings. The number of hydrogen-bond donors (Lipinski definition) is 0. The van der Waals surface area contributed by atoms with Gasteiger partial charge in [-0.3, -0.25) is 9.78 Å². The Morgan fingerprint density at radius 3 is 2.89 bits per heavy atom. The quantitative estimate of drug-likeness (QED) is 0.704. The van der Waals surface area contributed by atoms with Crippen molar-refractivity contribution in [1.29, 1.82) is 0 Å². The third-order valence-electron chi connectivity index (χ3n) is 4.66. The Balaban J connectivity index is 1.49. The van der Waals surface area contributed by atoms with Crippen LogP contribution in [0.1, 0.15) is 40.7 Å². The molecule has 4 rings (SSSR count). The first-order valence-electron chi connectivity index (χ1n) is 8.95. The Kier molecular flexibility index (Phi) is 4.82. The highest BCUT2D eigenvalue weighted by Gasteiger charge is 2.29. The van der Waals surface area contributed by atoms with Crippen molar-refractivity contribution in [3.8, 4) is 11.6 Å². The lowest BCUT2D eigenvalue weighted by Crippen LogP contribution is -2.39. The first-order valence-corrected chi connectivity index (χ1v) is 8.95. The molecule has 1 saturated heterocycles. The summed E-state index contributed by atoms with van der Waals surface area (Å²) in [6.07, 6.45) is 6.49. The van der Waals surface area contributed by atoms with Crippen molar-refractivity contribution in [3.05, 3.63) is 66.3 Å². The summed E-state index contributed by atoms with van der Waals surface area (Å²) in [6, 6.07) is 9.48. The molecule has 2 aromatic heterocycles. The number of benzene rings is 1. The van der Waals surface area contributed by atoms with Crippen LogP contribution in [0.2, 0.25) is 0 Å². The second-order valence-corrected chi connectivity index (χ2v) is 6.55. The number of ether oxygens (including phenoxy) is 1. The normalized spacial score (nSPS) is 16.9. The molecule has 0 unspecified atom stereocenters. The van der Waals surface area contributed by atoms with Gasteiger partial charge in [-0.15, -0.1) is 0 Å². The van der Waals surface area contributed by atoms with E-state index in [1.165, 1.54) is 6.39 Å². The fraction of sp³-hybridized carbons (Fsp3) is 0.300. The van der Waals surface area contributed by atoms with Crippen molar-refractivity contribution >= 4 is 5.91 Å². The molecule has 0 spiro atoms. The molecule has 138 valence electrons. The summed E-state index contributed by atoms with van der Waals surface area (Å²) in [5, 5.41) is 0. The Labute approximate surface area is 157 Å². The van der Waals surface area contributed by atoms with E-state index in [4.69, 9.17) is 9.15 Å². The van der Waals surface area contributed by atoms with Crippen molar-refractivity contribution < 1.29 is 13.9 Å². The molecule has 27 heavy (non-hydrogen) atoms. The average Bonchev–Trinajstić information content (AvgIpc) is 3.14. The zero-order valence-corrected chi connectivity index (χ0v) is 15.0. The lowest BCUT2D eigenvalue weighted by molar-refractivity contribution is 0.0672. The van der Waals surface area contributed by atoms with E-state index in [2.05, 4.69) is 15.0 Å². The summed E-state index contributed by atoms with van der Waals surface area (Å²) < 4.78 is 11.0. The average molecular weight is 364 g/mol. The molecule has 1 atom stereocenters. The predicted molar refractivity (Wildman–Crippen MR) is 97.7 cm³/mol. The highest BCUT2D eigenvalue weighted by Crippen LogP contribution is 2.28. The van der Waals surface area contributed by atoms with Gasteiger partial charge < -0.3 is 14.1 Å². The molecular weight excluding hydrogens is 344 g/mol. The number of nitrogens with zero attached hydrogens (tertiary/aromatic N) is 4. The Bertz CT molecular complexity index is 926. The van der Waals surface area contributed by atoms with E-state index in [0.717, 1.165) is 18.5 Å². The van der Waals surface area contributed by atoms with Crippen LogP contribution in [0, 0.1) is 6.92 Å². The van der Waals surface area contributed by atoms with Crippen molar-refractivity contribution in [2.75, 3.05) is 13.1 Å². The Morgan fingerprint density at radius 1 is 1.26 bits per heavy atom. The van der Waals surface area contributed by atoms with Crippen LogP contribution in [-0.2, 0) is 0 Å². The lowest BCUT2D eigenvalue weighted by Gasteiger charge is -2.31. The lowest BCUT2D eigenvalue weighted by atomic mass is 9.95. The molecular formula is C20H20N4O3. The highest BCUT2D eigenvalue weighted by molar-refractivity contribution is 5.92. The molecule has 0 bridgehead atoms. The first kappa shape index (κ1) is 17.2. The zero-order valence-electron chi connectivity index (χ0n) is 15.0. The van der Waals surface area contributed by atoms with Gasteiger partial charge in [0.05, 0.1) is 17.6 Å². The molecule has 3 aromatic rings. The number of hydrogen-bond acceptors (Lipinski definition) is 6. The number of carbonyl (C=O) groups is 1. The van der Waals surface area contributed by atoms with Gasteiger partial charge in [-0.05, 0) is 31.9 Å². The van der Waals surface area contributed by atoms with Gasteiger partial charge in [-0.1, -0.05) is 18.2 Å². The number of likely N-dealkylation sites (tertiary alicyclic amines) is 1. The molecule has 7 heteroatoms. The van der Waals surface area contributed by atoms with Crippen molar-refractivity contribution in [2.45, 2.75) is 25.7 Å². The van der Waals surface area contributed by atoms with Crippen LogP contribution < -0.4 is 4.74 Å². The molecule has 0 saturated carbocycles. The summed E-state index contributed by atoms with van der Waals surface area (Å²) in [5.74, 6) is 1.46. The van der Waals surface area contributed by atoms with Crippen molar-refractivity contribution in [3.63, 3.8) is 0 Å². The maximum absolute atomic E-state index is 12.7. The number of para-hydroxylation sites is 1. The Morgan fingerprint density at radius 2 is 2.11 bits per heavy atom. The van der Waals surface area contributed by atoms with E-state index in [1.54, 1.807) is 24.2 Å². The monoisotopic (exact) mass is 364 g/mol. The largest absolute Gasteiger partial charge is 0.438 e. The van der Waals surface area contributed by atoms with Crippen LogP contribution in [0.15, 0.2) is 53.5 Å². The molecule has 0 radical (unpaired) electrons. The molecule has 1 aromatic carbocycles. The number of oxazole rings is 1. The minimum Gasteiger partial charge on any atom is -0.438 e. The third-order valence-corrected chi connectivity index (χ3v) is 4.66. The number of aromatic nitrogens is 3. The smallest absolute Gasteiger partial charge is 0.291 e. The van der Waals surface area contributed by atoms with Gasteiger partial charge in [0.15, 0.2) is 6.39 Å². The Hall–Kier alpha value is -3.22. The molecule has 1 amide bonds. The van der Waals surface area contributed by atoms with Gasteiger partial charge in [0.2, 0.25) is 11.6 Å². The number of aryl methyl sites for hydroxylation is 1. The van der Waals surface area contributed by atoms with Crippen LogP contribution >= 0.6 is 0 Å². The van der Waals surface area contributed by atoms with E-state index in [9.17, 15) is 4.79 Å². The molecule has 7 nitrogen and oxygen atoms in total. The standard InChI is InChI=1S/C20H20N4O3/c1-14-19(26-13-22-14)20(25)24-9-5-6-15(12-24)17-10-21-11-18(23-17)27-16-7-3-2-4-8-16/h2-4,7-8,10-11,13,15H,5-6,9,12H2,1H3/t15-/m1/s1. The van der Waals surface area contributed by atoms with Crippen molar-refractivity contribution in [1.82, 2.24) is 19.9 Å². The maximum Gasteiger partial charge on any atom is 0.291 e. The van der Waals surface area contributed by atoms with Crippen molar-refractivity contribution in [2.24, 2.45) is 0 Å². The van der Waals surface area contributed by atoms with Gasteiger partial charge >= 0.3 is 0 Å². The van der Waals surface area contributed by atoms with Gasteiger partial charge in [0.25, 0.3) is 5.91 Å². The molecule has 3 heterocycles. The maximum atomic E-state index is 12.7. The topological polar surface area (TPSA) is 81.4 Å². The summed E-state index contributed by atoms with van der Waals surface area (Å²) in [6.45, 7) is 3.04. The molecule has 1 aliphatic rings. The fourth-order valence-corrected chi connectivity index (χ4v) is 3.27. The number of piperidine rings is 1. The van der Waals surface area contributed by atoms with E-state index in [-0.39, 0.29) is 11.8 Å². The van der Waals surface area contributed by atoms with E-state index < -0.39 is 0 Å². The van der Waals surface area contributed by atoms with Gasteiger partial charge in [0.1, 0.15) is 5.75 Å². The third kappa shape index (κ3) is 3.81. The van der Waals surface area contributed by atoms with Crippen LogP contribution in [0.5, 0.6) is 11.6 Å². The summed E-state index contributed by atoms with van der Waals surface area (Å²) >= 11 is 0. The molecule has 1 aliphatic heterocycles. The highest BCUT2D eigenvalue weighted by atomic mass is 16.5. The SMILES string of the molecule is Cc1ncoc1C(=O)N1CCC[C@@H](c2cncc(Oc3ccccc3)n2)C1. The zero-order chi connectivity index (χ0) is 18.6. The van der Waals surface area contributed by atoms with Gasteiger partial charge in [0, 0.05) is 25.2 Å². The van der Waals surface area contributed by atoms with Crippen LogP contribution in [0.3, 0.4) is 0 Å². The van der Waals surface area contributed by atoms with Crippen LogP contribution in [0.4, 0.5) is 0 Å². The predicted octanol–water partition coefficient (Wildman–Crippen LogP) is 3.59. The number of rotatable bonds is 4. The van der Waals surface area contributed by atoms with Crippen LogP contribution in [0.25, 0.3) is 0 Å². The fourth-order valence-electron chi connectivity index (χ4n) is 3.27. The first-order chi connectivity index (χ1) is 13.2. The minimum atomic E-state index is -0.126. The van der Waals surface area contributed by atoms with Crippen LogP contribution in [-0.4, -0.2) is 38.8 Å². The molecule has 0 N–H and O–H groups in total.